The smallest absolute Gasteiger partial charge is 0.0839 e. The van der Waals surface area contributed by atoms with Gasteiger partial charge in [-0.2, -0.15) is 0 Å². The van der Waals surface area contributed by atoms with E-state index in [0.717, 1.165) is 5.25 Å². The highest BCUT2D eigenvalue weighted by Gasteiger charge is 2.31. The van der Waals surface area contributed by atoms with Crippen LogP contribution >= 0.6 is 0 Å². The molecule has 0 aliphatic heterocycles. The molecule has 0 amide bonds. The van der Waals surface area contributed by atoms with Gasteiger partial charge < -0.3 is 0 Å². The van der Waals surface area contributed by atoms with Crippen molar-refractivity contribution in [2.45, 2.75) is 50.2 Å². The summed E-state index contributed by atoms with van der Waals surface area (Å²) in [5.41, 5.74) is 0. The molecular weight excluding hydrogens is 188 g/mol. The predicted octanol–water partition coefficient (Wildman–Crippen LogP) is 3.80. The first-order valence-electron chi connectivity index (χ1n) is 5.88. The summed E-state index contributed by atoms with van der Waals surface area (Å²) in [4.78, 5) is 1.74. The molecular formula is C13H21S+. The molecule has 0 heterocycles. The molecule has 0 aromatic heterocycles. The average Bonchev–Trinajstić information content (AvgIpc) is 2.30. The van der Waals surface area contributed by atoms with Gasteiger partial charge in [0.2, 0.25) is 0 Å². The summed E-state index contributed by atoms with van der Waals surface area (Å²) in [7, 11) is 0.567. The fraction of sp³-hybridized carbons (Fsp3) is 0.692. The van der Waals surface area contributed by atoms with Crippen molar-refractivity contribution in [3.8, 4) is 0 Å². The molecule has 0 N–H and O–H groups in total. The van der Waals surface area contributed by atoms with Crippen LogP contribution < -0.4 is 0 Å². The van der Waals surface area contributed by atoms with Gasteiger partial charge in [-0.3, -0.25) is 0 Å². The van der Waals surface area contributed by atoms with Gasteiger partial charge in [-0.25, -0.2) is 0 Å². The SMILES string of the molecule is C[S+](C1=CC=CCC1)C1CCCCC1. The summed E-state index contributed by atoms with van der Waals surface area (Å²) < 4.78 is 0. The molecule has 1 fully saturated rings. The Labute approximate surface area is 90.8 Å². The molecule has 0 aromatic rings. The second-order valence-electron chi connectivity index (χ2n) is 4.42. The maximum atomic E-state index is 2.47. The van der Waals surface area contributed by atoms with Gasteiger partial charge in [-0.15, -0.1) is 0 Å². The highest BCUT2D eigenvalue weighted by Crippen LogP contribution is 2.30. The van der Waals surface area contributed by atoms with Crippen LogP contribution in [0.1, 0.15) is 44.9 Å². The van der Waals surface area contributed by atoms with Gasteiger partial charge in [-0.1, -0.05) is 18.6 Å². The van der Waals surface area contributed by atoms with Gasteiger partial charge in [0.25, 0.3) is 0 Å². The number of hydrogen-bond donors (Lipinski definition) is 0. The van der Waals surface area contributed by atoms with E-state index in [2.05, 4.69) is 24.5 Å². The fourth-order valence-corrected chi connectivity index (χ4v) is 4.68. The Kier molecular flexibility index (Phi) is 3.74. The molecule has 1 atom stereocenters. The Balaban J connectivity index is 1.95. The highest BCUT2D eigenvalue weighted by atomic mass is 32.2. The topological polar surface area (TPSA) is 0 Å². The first kappa shape index (κ1) is 10.4. The molecule has 14 heavy (non-hydrogen) atoms. The van der Waals surface area contributed by atoms with Crippen LogP contribution in [0.3, 0.4) is 0 Å². The molecule has 2 rings (SSSR count). The Morgan fingerprint density at radius 2 is 2.00 bits per heavy atom. The quantitative estimate of drug-likeness (QED) is 0.607. The summed E-state index contributed by atoms with van der Waals surface area (Å²) in [5.74, 6) is 0. The molecule has 1 unspecified atom stereocenters. The van der Waals surface area contributed by atoms with E-state index in [1.807, 2.05) is 0 Å². The van der Waals surface area contributed by atoms with E-state index in [9.17, 15) is 0 Å². The van der Waals surface area contributed by atoms with Gasteiger partial charge >= 0.3 is 0 Å². The third-order valence-electron chi connectivity index (χ3n) is 3.44. The minimum atomic E-state index is 0.567. The van der Waals surface area contributed by atoms with Crippen LogP contribution in [0.4, 0.5) is 0 Å². The van der Waals surface area contributed by atoms with Crippen molar-refractivity contribution in [2.24, 2.45) is 0 Å². The van der Waals surface area contributed by atoms with E-state index in [1.165, 1.54) is 44.9 Å². The zero-order valence-corrected chi connectivity index (χ0v) is 9.98. The van der Waals surface area contributed by atoms with E-state index in [1.54, 1.807) is 4.91 Å². The van der Waals surface area contributed by atoms with Gasteiger partial charge in [0.1, 0.15) is 16.4 Å². The molecule has 2 aliphatic carbocycles. The van der Waals surface area contributed by atoms with Crippen LogP contribution in [0.5, 0.6) is 0 Å². The van der Waals surface area contributed by atoms with Crippen molar-refractivity contribution in [3.05, 3.63) is 23.1 Å². The molecule has 0 nitrogen and oxygen atoms in total. The van der Waals surface area contributed by atoms with Crippen LogP contribution in [0.25, 0.3) is 0 Å². The zero-order valence-electron chi connectivity index (χ0n) is 9.17. The largest absolute Gasteiger partial charge is 0.132 e. The van der Waals surface area contributed by atoms with Crippen molar-refractivity contribution < 1.29 is 0 Å². The normalized spacial score (nSPS) is 25.9. The van der Waals surface area contributed by atoms with Crippen molar-refractivity contribution in [1.29, 1.82) is 0 Å². The Morgan fingerprint density at radius 3 is 2.64 bits per heavy atom. The van der Waals surface area contributed by atoms with Gasteiger partial charge in [0.05, 0.1) is 0 Å². The van der Waals surface area contributed by atoms with Crippen LogP contribution in [-0.2, 0) is 10.9 Å². The Hall–Kier alpha value is -0.170. The van der Waals surface area contributed by atoms with E-state index in [-0.39, 0.29) is 0 Å². The number of allylic oxidation sites excluding steroid dienone is 4. The summed E-state index contributed by atoms with van der Waals surface area (Å²) >= 11 is 0. The van der Waals surface area contributed by atoms with Crippen LogP contribution in [-0.4, -0.2) is 11.5 Å². The second-order valence-corrected chi connectivity index (χ2v) is 6.72. The van der Waals surface area contributed by atoms with Crippen molar-refractivity contribution in [3.63, 3.8) is 0 Å². The molecule has 0 bridgehead atoms. The first-order chi connectivity index (χ1) is 6.88. The molecule has 1 saturated carbocycles. The maximum absolute atomic E-state index is 2.47. The standard InChI is InChI=1S/C13H21S/c1-14(12-8-4-2-5-9-12)13-10-6-3-7-11-13/h2,4,8,13H,3,5-7,9-11H2,1H3/q+1. The van der Waals surface area contributed by atoms with Crippen molar-refractivity contribution in [1.82, 2.24) is 0 Å². The Morgan fingerprint density at radius 1 is 1.21 bits per heavy atom. The minimum absolute atomic E-state index is 0.567. The van der Waals surface area contributed by atoms with Crippen LogP contribution in [0.2, 0.25) is 0 Å². The highest BCUT2D eigenvalue weighted by molar-refractivity contribution is 8.00. The average molecular weight is 209 g/mol. The van der Waals surface area contributed by atoms with E-state index in [0.29, 0.717) is 10.9 Å². The van der Waals surface area contributed by atoms with Crippen LogP contribution in [0.15, 0.2) is 23.1 Å². The van der Waals surface area contributed by atoms with Crippen LogP contribution in [0, 0.1) is 0 Å². The molecule has 0 spiro atoms. The van der Waals surface area contributed by atoms with E-state index in [4.69, 9.17) is 0 Å². The van der Waals surface area contributed by atoms with Gasteiger partial charge in [-0.05, 0) is 38.2 Å². The van der Waals surface area contributed by atoms with Gasteiger partial charge in [0, 0.05) is 17.3 Å². The summed E-state index contributed by atoms with van der Waals surface area (Å²) in [6.07, 6.45) is 19.4. The lowest BCUT2D eigenvalue weighted by atomic mass is 10.0. The van der Waals surface area contributed by atoms with Crippen molar-refractivity contribution in [2.75, 3.05) is 6.26 Å². The summed E-state index contributed by atoms with van der Waals surface area (Å²) in [6, 6.07) is 0. The summed E-state index contributed by atoms with van der Waals surface area (Å²) in [5, 5.41) is 1.02. The third kappa shape index (κ3) is 2.44. The lowest BCUT2D eigenvalue weighted by Gasteiger charge is -2.22. The van der Waals surface area contributed by atoms with E-state index < -0.39 is 0 Å². The molecule has 0 aromatic carbocycles. The monoisotopic (exact) mass is 209 g/mol. The fourth-order valence-electron chi connectivity index (χ4n) is 2.48. The summed E-state index contributed by atoms with van der Waals surface area (Å²) in [6.45, 7) is 0. The predicted molar refractivity (Wildman–Crippen MR) is 66.6 cm³/mol. The zero-order chi connectivity index (χ0) is 9.80. The minimum Gasteiger partial charge on any atom is -0.0839 e. The maximum Gasteiger partial charge on any atom is 0.132 e. The number of hydrogen-bond acceptors (Lipinski definition) is 0. The van der Waals surface area contributed by atoms with Crippen molar-refractivity contribution >= 4 is 10.9 Å². The number of rotatable bonds is 2. The van der Waals surface area contributed by atoms with E-state index >= 15 is 0 Å². The molecule has 78 valence electrons. The third-order valence-corrected chi connectivity index (χ3v) is 6.08. The first-order valence-corrected chi connectivity index (χ1v) is 7.58. The molecule has 0 saturated heterocycles. The lowest BCUT2D eigenvalue weighted by molar-refractivity contribution is 0.514. The molecule has 1 heteroatoms. The lowest BCUT2D eigenvalue weighted by Crippen LogP contribution is -2.24. The molecule has 2 aliphatic rings. The van der Waals surface area contributed by atoms with Gasteiger partial charge in [0.15, 0.2) is 0 Å². The molecule has 0 radical (unpaired) electrons. The second kappa shape index (κ2) is 5.06. The Bertz CT molecular complexity index is 234.